The highest BCUT2D eigenvalue weighted by molar-refractivity contribution is 5.68. The molecular formula is C17H22F3N5. The minimum atomic E-state index is -4.37. The fourth-order valence-electron chi connectivity index (χ4n) is 3.17. The molecule has 0 radical (unpaired) electrons. The summed E-state index contributed by atoms with van der Waals surface area (Å²) >= 11 is 0. The second-order valence-electron chi connectivity index (χ2n) is 6.37. The summed E-state index contributed by atoms with van der Waals surface area (Å²) in [7, 11) is 1.89. The van der Waals surface area contributed by atoms with E-state index in [1.807, 2.05) is 19.3 Å². The Bertz CT molecular complexity index is 725. The molecule has 136 valence electrons. The maximum Gasteiger partial charge on any atom is 0.416 e. The molecule has 1 saturated heterocycles. The number of aromatic nitrogens is 2. The van der Waals surface area contributed by atoms with Gasteiger partial charge in [-0.25, -0.2) is 0 Å². The minimum Gasteiger partial charge on any atom is -0.397 e. The smallest absolute Gasteiger partial charge is 0.397 e. The van der Waals surface area contributed by atoms with Gasteiger partial charge in [-0.3, -0.25) is 9.58 Å². The predicted molar refractivity (Wildman–Crippen MR) is 91.2 cm³/mol. The summed E-state index contributed by atoms with van der Waals surface area (Å²) in [6, 6.07) is 5.59. The van der Waals surface area contributed by atoms with Gasteiger partial charge in [0, 0.05) is 46.0 Å². The van der Waals surface area contributed by atoms with E-state index in [-0.39, 0.29) is 5.69 Å². The topological polar surface area (TPSA) is 50.3 Å². The quantitative estimate of drug-likeness (QED) is 0.862. The average molecular weight is 353 g/mol. The van der Waals surface area contributed by atoms with E-state index in [1.165, 1.54) is 6.07 Å². The number of anilines is 2. The number of halogens is 3. The van der Waals surface area contributed by atoms with E-state index in [0.29, 0.717) is 5.69 Å². The van der Waals surface area contributed by atoms with Crippen molar-refractivity contribution in [2.45, 2.75) is 19.1 Å². The van der Waals surface area contributed by atoms with Crippen molar-refractivity contribution in [2.24, 2.45) is 7.05 Å². The van der Waals surface area contributed by atoms with Gasteiger partial charge in [0.15, 0.2) is 0 Å². The minimum absolute atomic E-state index is 0.174. The van der Waals surface area contributed by atoms with E-state index >= 15 is 0 Å². The third kappa shape index (κ3) is 4.25. The summed E-state index contributed by atoms with van der Waals surface area (Å²) in [5, 5.41) is 4.39. The number of aryl methyl sites for hydroxylation is 1. The van der Waals surface area contributed by atoms with Crippen molar-refractivity contribution >= 4 is 11.4 Å². The Morgan fingerprint density at radius 3 is 2.56 bits per heavy atom. The van der Waals surface area contributed by atoms with Crippen molar-refractivity contribution < 1.29 is 13.2 Å². The molecule has 0 unspecified atom stereocenters. The molecule has 0 spiro atoms. The van der Waals surface area contributed by atoms with Gasteiger partial charge in [-0.05, 0) is 30.7 Å². The molecule has 5 nitrogen and oxygen atoms in total. The number of rotatable bonds is 3. The maximum absolute atomic E-state index is 12.8. The van der Waals surface area contributed by atoms with Crippen LogP contribution in [0.1, 0.15) is 17.7 Å². The second-order valence-corrected chi connectivity index (χ2v) is 6.37. The number of alkyl halides is 3. The molecule has 8 heteroatoms. The molecule has 0 amide bonds. The largest absolute Gasteiger partial charge is 0.416 e. The third-order valence-electron chi connectivity index (χ3n) is 4.44. The van der Waals surface area contributed by atoms with Crippen molar-refractivity contribution in [3.05, 3.63) is 41.7 Å². The fourth-order valence-corrected chi connectivity index (χ4v) is 3.17. The molecule has 1 aromatic carbocycles. The van der Waals surface area contributed by atoms with E-state index in [0.717, 1.165) is 57.0 Å². The molecular weight excluding hydrogens is 331 g/mol. The lowest BCUT2D eigenvalue weighted by molar-refractivity contribution is -0.137. The number of nitrogens with zero attached hydrogens (tertiary/aromatic N) is 4. The molecule has 0 saturated carbocycles. The van der Waals surface area contributed by atoms with Gasteiger partial charge in [0.2, 0.25) is 0 Å². The fraction of sp³-hybridized carbons (Fsp3) is 0.471. The zero-order valence-electron chi connectivity index (χ0n) is 14.1. The number of nitrogens with two attached hydrogens (primary N) is 1. The predicted octanol–water partition coefficient (Wildman–Crippen LogP) is 2.73. The van der Waals surface area contributed by atoms with Crippen molar-refractivity contribution in [3.63, 3.8) is 0 Å². The second kappa shape index (κ2) is 6.95. The van der Waals surface area contributed by atoms with Crippen LogP contribution in [0.2, 0.25) is 0 Å². The Kier molecular flexibility index (Phi) is 4.89. The SMILES string of the molecule is Cn1ccc(CN2CCCN(c3ccc(C(F)(F)F)cc3N)CC2)n1. The van der Waals surface area contributed by atoms with Gasteiger partial charge < -0.3 is 10.6 Å². The van der Waals surface area contributed by atoms with Crippen LogP contribution in [0.4, 0.5) is 24.5 Å². The van der Waals surface area contributed by atoms with Gasteiger partial charge >= 0.3 is 6.18 Å². The van der Waals surface area contributed by atoms with E-state index in [4.69, 9.17) is 5.73 Å². The Balaban J connectivity index is 1.66. The van der Waals surface area contributed by atoms with Crippen LogP contribution in [0, 0.1) is 0 Å². The van der Waals surface area contributed by atoms with Crippen molar-refractivity contribution in [2.75, 3.05) is 36.8 Å². The van der Waals surface area contributed by atoms with Crippen LogP contribution in [0.5, 0.6) is 0 Å². The van der Waals surface area contributed by atoms with Gasteiger partial charge in [-0.2, -0.15) is 18.3 Å². The molecule has 25 heavy (non-hydrogen) atoms. The number of benzene rings is 1. The van der Waals surface area contributed by atoms with Crippen LogP contribution in [-0.4, -0.2) is 40.9 Å². The molecule has 2 N–H and O–H groups in total. The molecule has 1 aliphatic heterocycles. The first kappa shape index (κ1) is 17.6. The first-order valence-electron chi connectivity index (χ1n) is 8.25. The lowest BCUT2D eigenvalue weighted by Gasteiger charge is -2.25. The van der Waals surface area contributed by atoms with Gasteiger partial charge in [-0.15, -0.1) is 0 Å². The van der Waals surface area contributed by atoms with Crippen molar-refractivity contribution in [1.82, 2.24) is 14.7 Å². The van der Waals surface area contributed by atoms with Crippen LogP contribution >= 0.6 is 0 Å². The van der Waals surface area contributed by atoms with E-state index in [1.54, 1.807) is 4.68 Å². The van der Waals surface area contributed by atoms with Gasteiger partial charge in [0.05, 0.1) is 22.6 Å². The standard InChI is InChI=1S/C17H22F3N5/c1-23-8-5-14(22-23)12-24-6-2-7-25(10-9-24)16-4-3-13(11-15(16)21)17(18,19)20/h3-5,8,11H,2,6-7,9-10,12,21H2,1H3. The van der Waals surface area contributed by atoms with Gasteiger partial charge in [0.1, 0.15) is 0 Å². The third-order valence-corrected chi connectivity index (χ3v) is 4.44. The van der Waals surface area contributed by atoms with Crippen LogP contribution in [-0.2, 0) is 19.8 Å². The molecule has 1 aliphatic rings. The normalized spacial score (nSPS) is 16.9. The molecule has 0 aliphatic carbocycles. The number of hydrogen-bond donors (Lipinski definition) is 1. The van der Waals surface area contributed by atoms with Crippen molar-refractivity contribution in [1.29, 1.82) is 0 Å². The molecule has 1 aromatic heterocycles. The van der Waals surface area contributed by atoms with E-state index < -0.39 is 11.7 Å². The van der Waals surface area contributed by atoms with E-state index in [9.17, 15) is 13.2 Å². The van der Waals surface area contributed by atoms with Crippen LogP contribution < -0.4 is 10.6 Å². The Morgan fingerprint density at radius 1 is 1.12 bits per heavy atom. The molecule has 2 aromatic rings. The highest BCUT2D eigenvalue weighted by atomic mass is 19.4. The zero-order valence-corrected chi connectivity index (χ0v) is 14.1. The molecule has 1 fully saturated rings. The Labute approximate surface area is 144 Å². The lowest BCUT2D eigenvalue weighted by Crippen LogP contribution is -2.31. The van der Waals surface area contributed by atoms with E-state index in [2.05, 4.69) is 14.9 Å². The molecule has 3 rings (SSSR count). The van der Waals surface area contributed by atoms with Crippen LogP contribution in [0.25, 0.3) is 0 Å². The average Bonchev–Trinajstić information content (AvgIpc) is 2.80. The maximum atomic E-state index is 12.8. The Hall–Kier alpha value is -2.22. The molecule has 2 heterocycles. The highest BCUT2D eigenvalue weighted by Crippen LogP contribution is 2.34. The molecule has 0 atom stereocenters. The Morgan fingerprint density at radius 2 is 1.92 bits per heavy atom. The summed E-state index contributed by atoms with van der Waals surface area (Å²) in [5.74, 6) is 0. The zero-order chi connectivity index (χ0) is 18.0. The summed E-state index contributed by atoms with van der Waals surface area (Å²) < 4.78 is 40.1. The van der Waals surface area contributed by atoms with Gasteiger partial charge in [-0.1, -0.05) is 0 Å². The van der Waals surface area contributed by atoms with Crippen LogP contribution in [0.15, 0.2) is 30.5 Å². The van der Waals surface area contributed by atoms with Crippen LogP contribution in [0.3, 0.4) is 0 Å². The van der Waals surface area contributed by atoms with Gasteiger partial charge in [0.25, 0.3) is 0 Å². The number of hydrogen-bond acceptors (Lipinski definition) is 4. The monoisotopic (exact) mass is 353 g/mol. The highest BCUT2D eigenvalue weighted by Gasteiger charge is 2.31. The first-order chi connectivity index (χ1) is 11.8. The summed E-state index contributed by atoms with van der Waals surface area (Å²) in [6.45, 7) is 4.01. The molecule has 0 bridgehead atoms. The summed E-state index contributed by atoms with van der Waals surface area (Å²) in [6.07, 6.45) is -1.53. The number of nitrogen functional groups attached to an aromatic ring is 1. The first-order valence-corrected chi connectivity index (χ1v) is 8.25. The van der Waals surface area contributed by atoms with Crippen molar-refractivity contribution in [3.8, 4) is 0 Å². The summed E-state index contributed by atoms with van der Waals surface area (Å²) in [5.41, 5.74) is 7.05. The summed E-state index contributed by atoms with van der Waals surface area (Å²) in [4.78, 5) is 4.37. The lowest BCUT2D eigenvalue weighted by atomic mass is 10.1.